The Labute approximate surface area is 159 Å². The smallest absolute Gasteiger partial charge is 0.247 e. The fourth-order valence-electron chi connectivity index (χ4n) is 2.28. The summed E-state index contributed by atoms with van der Waals surface area (Å²) >= 11 is 18.1. The number of hydrazone groups is 1. The number of carbonyl (C=O) groups is 1. The van der Waals surface area contributed by atoms with E-state index < -0.39 is 6.23 Å². The molecule has 1 amide bonds. The standard InChI is InChI=1S/C17H13Cl3N2O3/c1-10(23)22-17(12-4-2-3-5-13(12)19)25-16(21-22)9-24-15-7-6-11(18)8-14(15)20/h2-8,17H,9H2,1H3. The summed E-state index contributed by atoms with van der Waals surface area (Å²) in [5.74, 6) is 0.406. The Morgan fingerprint density at radius 3 is 2.64 bits per heavy atom. The molecule has 1 unspecified atom stereocenters. The second kappa shape index (κ2) is 7.52. The average molecular weight is 400 g/mol. The van der Waals surface area contributed by atoms with Gasteiger partial charge in [-0.2, -0.15) is 5.01 Å². The molecule has 1 aliphatic heterocycles. The number of ether oxygens (including phenoxy) is 2. The Balaban J connectivity index is 1.76. The van der Waals surface area contributed by atoms with Gasteiger partial charge in [0.25, 0.3) is 0 Å². The highest BCUT2D eigenvalue weighted by atomic mass is 35.5. The summed E-state index contributed by atoms with van der Waals surface area (Å²) in [6, 6.07) is 12.0. The maximum atomic E-state index is 11.9. The van der Waals surface area contributed by atoms with Gasteiger partial charge in [0.2, 0.25) is 18.0 Å². The Bertz CT molecular complexity index is 842. The Hall–Kier alpha value is -1.95. The van der Waals surface area contributed by atoms with E-state index in [0.29, 0.717) is 26.4 Å². The molecule has 0 bridgehead atoms. The summed E-state index contributed by atoms with van der Waals surface area (Å²) in [7, 11) is 0. The van der Waals surface area contributed by atoms with E-state index in [9.17, 15) is 4.79 Å². The predicted molar refractivity (Wildman–Crippen MR) is 97.2 cm³/mol. The molecule has 0 saturated carbocycles. The fourth-order valence-corrected chi connectivity index (χ4v) is 2.97. The molecule has 0 N–H and O–H groups in total. The van der Waals surface area contributed by atoms with Crippen LogP contribution < -0.4 is 4.74 Å². The number of rotatable bonds is 4. The van der Waals surface area contributed by atoms with Crippen LogP contribution in [0.3, 0.4) is 0 Å². The van der Waals surface area contributed by atoms with Crippen molar-refractivity contribution in [3.8, 4) is 5.75 Å². The quantitative estimate of drug-likeness (QED) is 0.733. The van der Waals surface area contributed by atoms with Crippen molar-refractivity contribution in [1.29, 1.82) is 0 Å². The summed E-state index contributed by atoms with van der Waals surface area (Å²) < 4.78 is 11.4. The predicted octanol–water partition coefficient (Wildman–Crippen LogP) is 4.92. The van der Waals surface area contributed by atoms with Gasteiger partial charge in [-0.3, -0.25) is 4.79 Å². The van der Waals surface area contributed by atoms with Crippen LogP contribution in [0, 0.1) is 0 Å². The van der Waals surface area contributed by atoms with Gasteiger partial charge in [0, 0.05) is 22.5 Å². The van der Waals surface area contributed by atoms with Gasteiger partial charge < -0.3 is 9.47 Å². The highest BCUT2D eigenvalue weighted by molar-refractivity contribution is 6.35. The molecule has 5 nitrogen and oxygen atoms in total. The number of hydrogen-bond donors (Lipinski definition) is 0. The van der Waals surface area contributed by atoms with Crippen molar-refractivity contribution in [2.24, 2.45) is 5.10 Å². The van der Waals surface area contributed by atoms with E-state index >= 15 is 0 Å². The number of halogens is 3. The molecule has 0 radical (unpaired) electrons. The van der Waals surface area contributed by atoms with Gasteiger partial charge in [-0.1, -0.05) is 53.0 Å². The van der Waals surface area contributed by atoms with E-state index in [2.05, 4.69) is 5.10 Å². The van der Waals surface area contributed by atoms with Crippen molar-refractivity contribution in [3.63, 3.8) is 0 Å². The molecule has 25 heavy (non-hydrogen) atoms. The van der Waals surface area contributed by atoms with E-state index in [1.54, 1.807) is 36.4 Å². The van der Waals surface area contributed by atoms with E-state index in [1.165, 1.54) is 11.9 Å². The minimum absolute atomic E-state index is 0.00604. The summed E-state index contributed by atoms with van der Waals surface area (Å²) in [6.07, 6.45) is -0.731. The topological polar surface area (TPSA) is 51.1 Å². The number of hydrogen-bond acceptors (Lipinski definition) is 4. The second-order valence-electron chi connectivity index (χ2n) is 5.21. The molecule has 0 spiro atoms. The molecule has 2 aromatic rings. The summed E-state index contributed by atoms with van der Waals surface area (Å²) in [6.45, 7) is 1.41. The van der Waals surface area contributed by atoms with Gasteiger partial charge in [-0.05, 0) is 24.3 Å². The third kappa shape index (κ3) is 4.00. The van der Waals surface area contributed by atoms with Crippen molar-refractivity contribution >= 4 is 46.6 Å². The zero-order valence-corrected chi connectivity index (χ0v) is 15.3. The fraction of sp³-hybridized carbons (Fsp3) is 0.176. The molecule has 0 fully saturated rings. The van der Waals surface area contributed by atoms with Crippen molar-refractivity contribution in [2.75, 3.05) is 6.61 Å². The molecule has 2 aromatic carbocycles. The molecule has 0 saturated heterocycles. The molecule has 3 rings (SSSR count). The Morgan fingerprint density at radius 1 is 1.20 bits per heavy atom. The molecule has 1 aliphatic rings. The van der Waals surface area contributed by atoms with Crippen molar-refractivity contribution in [1.82, 2.24) is 5.01 Å². The first-order chi connectivity index (χ1) is 12.0. The SMILES string of the molecule is CC(=O)N1N=C(COc2ccc(Cl)cc2Cl)OC1c1ccccc1Cl. The van der Waals surface area contributed by atoms with Gasteiger partial charge in [0.15, 0.2) is 6.61 Å². The molecule has 130 valence electrons. The van der Waals surface area contributed by atoms with Gasteiger partial charge in [0.1, 0.15) is 5.75 Å². The number of carbonyl (C=O) groups excluding carboxylic acids is 1. The van der Waals surface area contributed by atoms with E-state index in [1.807, 2.05) is 6.07 Å². The van der Waals surface area contributed by atoms with Crippen LogP contribution in [0.2, 0.25) is 15.1 Å². The Kier molecular flexibility index (Phi) is 5.37. The van der Waals surface area contributed by atoms with Crippen LogP contribution in [0.4, 0.5) is 0 Å². The van der Waals surface area contributed by atoms with E-state index in [4.69, 9.17) is 44.3 Å². The summed E-state index contributed by atoms with van der Waals surface area (Å²) in [5, 5.41) is 6.76. The number of nitrogens with zero attached hydrogens (tertiary/aromatic N) is 2. The minimum atomic E-state index is -0.731. The molecular weight excluding hydrogens is 387 g/mol. The molecule has 1 atom stereocenters. The number of benzene rings is 2. The van der Waals surface area contributed by atoms with Crippen LogP contribution in [-0.4, -0.2) is 23.4 Å². The van der Waals surface area contributed by atoms with Crippen LogP contribution in [0.25, 0.3) is 0 Å². The van der Waals surface area contributed by atoms with Crippen molar-refractivity contribution in [2.45, 2.75) is 13.2 Å². The molecule has 0 aromatic heterocycles. The first kappa shape index (κ1) is 17.9. The first-order valence-electron chi connectivity index (χ1n) is 7.32. The van der Waals surface area contributed by atoms with Crippen molar-refractivity contribution < 1.29 is 14.3 Å². The zero-order valence-electron chi connectivity index (χ0n) is 13.1. The molecule has 1 heterocycles. The minimum Gasteiger partial charge on any atom is -0.482 e. The van der Waals surface area contributed by atoms with Gasteiger partial charge in [-0.15, -0.1) is 5.10 Å². The van der Waals surface area contributed by atoms with E-state index in [0.717, 1.165) is 0 Å². The third-order valence-corrected chi connectivity index (χ3v) is 4.30. The van der Waals surface area contributed by atoms with Crippen LogP contribution in [-0.2, 0) is 9.53 Å². The lowest BCUT2D eigenvalue weighted by molar-refractivity contribution is -0.135. The summed E-state index contributed by atoms with van der Waals surface area (Å²) in [4.78, 5) is 11.9. The molecular formula is C17H13Cl3N2O3. The van der Waals surface area contributed by atoms with Crippen LogP contribution in [0.5, 0.6) is 5.75 Å². The maximum Gasteiger partial charge on any atom is 0.247 e. The van der Waals surface area contributed by atoms with Crippen molar-refractivity contribution in [3.05, 3.63) is 63.1 Å². The normalized spacial score (nSPS) is 16.4. The van der Waals surface area contributed by atoms with E-state index in [-0.39, 0.29) is 18.4 Å². The average Bonchev–Trinajstić information content (AvgIpc) is 2.99. The Morgan fingerprint density at radius 2 is 1.96 bits per heavy atom. The van der Waals surface area contributed by atoms with Crippen LogP contribution in [0.15, 0.2) is 47.6 Å². The van der Waals surface area contributed by atoms with Crippen LogP contribution >= 0.6 is 34.8 Å². The van der Waals surface area contributed by atoms with Gasteiger partial charge in [0.05, 0.1) is 5.02 Å². The van der Waals surface area contributed by atoms with Crippen LogP contribution in [0.1, 0.15) is 18.7 Å². The largest absolute Gasteiger partial charge is 0.482 e. The molecule has 0 aliphatic carbocycles. The lowest BCUT2D eigenvalue weighted by Crippen LogP contribution is -2.25. The lowest BCUT2D eigenvalue weighted by Gasteiger charge is -2.20. The lowest BCUT2D eigenvalue weighted by atomic mass is 10.2. The maximum absolute atomic E-state index is 11.9. The zero-order chi connectivity index (χ0) is 18.0. The highest BCUT2D eigenvalue weighted by Crippen LogP contribution is 2.33. The third-order valence-electron chi connectivity index (χ3n) is 3.43. The highest BCUT2D eigenvalue weighted by Gasteiger charge is 2.33. The van der Waals surface area contributed by atoms with Gasteiger partial charge in [-0.25, -0.2) is 0 Å². The number of amides is 1. The monoisotopic (exact) mass is 398 g/mol. The molecule has 8 heteroatoms. The second-order valence-corrected chi connectivity index (χ2v) is 6.46. The summed E-state index contributed by atoms with van der Waals surface area (Å²) in [5.41, 5.74) is 0.641. The first-order valence-corrected chi connectivity index (χ1v) is 8.45. The van der Waals surface area contributed by atoms with Gasteiger partial charge >= 0.3 is 0 Å².